The number of aryl methyl sites for hydroxylation is 1. The molecule has 1 heterocycles. The van der Waals surface area contributed by atoms with E-state index in [1.54, 1.807) is 13.0 Å². The topological polar surface area (TPSA) is 78.6 Å². The summed E-state index contributed by atoms with van der Waals surface area (Å²) in [6.07, 6.45) is 3.30. The van der Waals surface area contributed by atoms with Crippen molar-refractivity contribution in [2.24, 2.45) is 5.92 Å². The summed E-state index contributed by atoms with van der Waals surface area (Å²) in [5, 5.41) is 25.3. The fraction of sp³-hybridized carbons (Fsp3) is 0.625. The molecule has 0 aromatic heterocycles. The minimum Gasteiger partial charge on any atom is -0.507 e. The highest BCUT2D eigenvalue weighted by atomic mass is 16.6. The first kappa shape index (κ1) is 15.2. The lowest BCUT2D eigenvalue weighted by Crippen LogP contribution is -2.45. The number of phenols is 1. The van der Waals surface area contributed by atoms with E-state index >= 15 is 0 Å². The Hall–Kier alpha value is -1.66. The lowest BCUT2D eigenvalue weighted by Gasteiger charge is -2.35. The Bertz CT molecular complexity index is 566. The average molecular weight is 305 g/mol. The van der Waals surface area contributed by atoms with Crippen LogP contribution in [-0.4, -0.2) is 41.1 Å². The molecule has 1 saturated heterocycles. The zero-order chi connectivity index (χ0) is 15.7. The van der Waals surface area contributed by atoms with Crippen LogP contribution in [0.1, 0.15) is 36.4 Å². The van der Waals surface area contributed by atoms with E-state index in [1.165, 1.54) is 18.9 Å². The van der Waals surface area contributed by atoms with Crippen molar-refractivity contribution in [1.82, 2.24) is 10.2 Å². The van der Waals surface area contributed by atoms with Crippen LogP contribution in [0.5, 0.6) is 5.75 Å². The Morgan fingerprint density at radius 1 is 1.41 bits per heavy atom. The molecule has 0 radical (unpaired) electrons. The number of phenolic OH excluding ortho intramolecular Hbond substituents is 1. The first-order chi connectivity index (χ1) is 10.6. The van der Waals surface area contributed by atoms with Crippen LogP contribution in [0.4, 0.5) is 5.69 Å². The van der Waals surface area contributed by atoms with Crippen LogP contribution in [-0.2, 0) is 0 Å². The van der Waals surface area contributed by atoms with E-state index in [0.29, 0.717) is 17.0 Å². The Morgan fingerprint density at radius 2 is 2.09 bits per heavy atom. The second-order valence-corrected chi connectivity index (χ2v) is 6.40. The van der Waals surface area contributed by atoms with Crippen molar-refractivity contribution in [2.45, 2.75) is 32.2 Å². The summed E-state index contributed by atoms with van der Waals surface area (Å²) >= 11 is 0. The van der Waals surface area contributed by atoms with Gasteiger partial charge in [-0.2, -0.15) is 0 Å². The zero-order valence-corrected chi connectivity index (χ0v) is 12.9. The lowest BCUT2D eigenvalue weighted by atomic mass is 9.94. The molecule has 2 fully saturated rings. The molecule has 22 heavy (non-hydrogen) atoms. The van der Waals surface area contributed by atoms with Crippen molar-refractivity contribution in [3.63, 3.8) is 0 Å². The quantitative estimate of drug-likeness (QED) is 0.645. The number of aromatic hydroxyl groups is 1. The van der Waals surface area contributed by atoms with Crippen molar-refractivity contribution in [1.29, 1.82) is 0 Å². The van der Waals surface area contributed by atoms with E-state index in [1.807, 2.05) is 0 Å². The van der Waals surface area contributed by atoms with Gasteiger partial charge in [0.2, 0.25) is 0 Å². The van der Waals surface area contributed by atoms with E-state index in [4.69, 9.17) is 0 Å². The summed E-state index contributed by atoms with van der Waals surface area (Å²) < 4.78 is 0. The highest BCUT2D eigenvalue weighted by molar-refractivity contribution is 5.54. The first-order valence-electron chi connectivity index (χ1n) is 7.99. The number of hydrogen-bond donors (Lipinski definition) is 2. The predicted octanol–water partition coefficient (Wildman–Crippen LogP) is 2.36. The van der Waals surface area contributed by atoms with Gasteiger partial charge in [-0.05, 0) is 30.9 Å². The van der Waals surface area contributed by atoms with Gasteiger partial charge in [-0.1, -0.05) is 12.8 Å². The molecule has 0 bridgehead atoms. The van der Waals surface area contributed by atoms with Gasteiger partial charge in [0.1, 0.15) is 5.75 Å². The minimum absolute atomic E-state index is 0.0484. The van der Waals surface area contributed by atoms with Crippen LogP contribution >= 0.6 is 0 Å². The van der Waals surface area contributed by atoms with Crippen LogP contribution in [0.25, 0.3) is 0 Å². The number of piperazine rings is 1. The van der Waals surface area contributed by atoms with Crippen LogP contribution in [0.3, 0.4) is 0 Å². The summed E-state index contributed by atoms with van der Waals surface area (Å²) in [6, 6.07) is 3.10. The molecular weight excluding hydrogens is 282 g/mol. The Morgan fingerprint density at radius 3 is 2.68 bits per heavy atom. The third-order valence-corrected chi connectivity index (χ3v) is 4.77. The van der Waals surface area contributed by atoms with Crippen LogP contribution in [0, 0.1) is 23.0 Å². The summed E-state index contributed by atoms with van der Waals surface area (Å²) in [4.78, 5) is 13.4. The van der Waals surface area contributed by atoms with E-state index in [0.717, 1.165) is 32.6 Å². The second kappa shape index (κ2) is 6.22. The van der Waals surface area contributed by atoms with Crippen molar-refractivity contribution >= 4 is 5.69 Å². The van der Waals surface area contributed by atoms with E-state index in [-0.39, 0.29) is 22.4 Å². The normalized spacial score (nSPS) is 20.8. The average Bonchev–Trinajstić information content (AvgIpc) is 3.32. The zero-order valence-electron chi connectivity index (χ0n) is 12.9. The smallest absolute Gasteiger partial charge is 0.277 e. The molecule has 6 nitrogen and oxygen atoms in total. The van der Waals surface area contributed by atoms with Gasteiger partial charge in [0.25, 0.3) is 5.69 Å². The van der Waals surface area contributed by atoms with Gasteiger partial charge in [-0.25, -0.2) is 0 Å². The van der Waals surface area contributed by atoms with Gasteiger partial charge >= 0.3 is 0 Å². The summed E-state index contributed by atoms with van der Waals surface area (Å²) in [6.45, 7) is 5.31. The van der Waals surface area contributed by atoms with Crippen molar-refractivity contribution in [3.05, 3.63) is 33.4 Å². The fourth-order valence-corrected chi connectivity index (χ4v) is 3.31. The standard InChI is InChI=1S/C16H23N3O3/c1-11-2-5-13(19(21)22)15(16(11)20)14(10-12-3-4-12)18-8-6-17-7-9-18/h2,5,12,14,17,20H,3-4,6-10H2,1H3/t14-/m0/s1. The number of nitrogens with one attached hydrogen (secondary N) is 1. The highest BCUT2D eigenvalue weighted by Gasteiger charge is 2.36. The minimum atomic E-state index is -0.364. The molecule has 1 aliphatic carbocycles. The summed E-state index contributed by atoms with van der Waals surface area (Å²) in [5.74, 6) is 0.734. The molecule has 120 valence electrons. The first-order valence-corrected chi connectivity index (χ1v) is 7.99. The maximum Gasteiger partial charge on any atom is 0.277 e. The SMILES string of the molecule is Cc1ccc([N+](=O)[O-])c([C@H](CC2CC2)N2CCNCC2)c1O. The second-order valence-electron chi connectivity index (χ2n) is 6.40. The lowest BCUT2D eigenvalue weighted by molar-refractivity contribution is -0.386. The van der Waals surface area contributed by atoms with Crippen molar-refractivity contribution in [2.75, 3.05) is 26.2 Å². The largest absolute Gasteiger partial charge is 0.507 e. The molecule has 0 amide bonds. The molecule has 3 rings (SSSR count). The molecule has 6 heteroatoms. The number of nitrogens with zero attached hydrogens (tertiary/aromatic N) is 2. The monoisotopic (exact) mass is 305 g/mol. The number of hydrogen-bond acceptors (Lipinski definition) is 5. The number of nitro benzene ring substituents is 1. The molecule has 2 aliphatic rings. The fourth-order valence-electron chi connectivity index (χ4n) is 3.31. The van der Waals surface area contributed by atoms with Gasteiger partial charge in [-0.15, -0.1) is 0 Å². The third kappa shape index (κ3) is 3.08. The van der Waals surface area contributed by atoms with Crippen LogP contribution < -0.4 is 5.32 Å². The number of nitro groups is 1. The van der Waals surface area contributed by atoms with E-state index in [2.05, 4.69) is 10.2 Å². The molecule has 2 N–H and O–H groups in total. The maximum atomic E-state index is 11.4. The molecule has 1 aromatic carbocycles. The third-order valence-electron chi connectivity index (χ3n) is 4.77. The molecular formula is C16H23N3O3. The molecule has 1 atom stereocenters. The maximum absolute atomic E-state index is 11.4. The molecule has 0 unspecified atom stereocenters. The van der Waals surface area contributed by atoms with Crippen molar-refractivity contribution < 1.29 is 10.0 Å². The molecule has 1 aromatic rings. The van der Waals surface area contributed by atoms with E-state index < -0.39 is 0 Å². The summed E-state index contributed by atoms with van der Waals surface area (Å²) in [7, 11) is 0. The Kier molecular flexibility index (Phi) is 4.31. The van der Waals surface area contributed by atoms with Gasteiger partial charge < -0.3 is 10.4 Å². The molecule has 1 saturated carbocycles. The number of benzene rings is 1. The predicted molar refractivity (Wildman–Crippen MR) is 84.0 cm³/mol. The summed E-state index contributed by atoms with van der Waals surface area (Å²) in [5.41, 5.74) is 1.27. The Balaban J connectivity index is 2.01. The van der Waals surface area contributed by atoms with Crippen molar-refractivity contribution in [3.8, 4) is 5.75 Å². The van der Waals surface area contributed by atoms with Gasteiger partial charge in [0.15, 0.2) is 0 Å². The van der Waals surface area contributed by atoms with Crippen LogP contribution in [0.2, 0.25) is 0 Å². The number of rotatable bonds is 5. The van der Waals surface area contributed by atoms with Gasteiger partial charge in [0.05, 0.1) is 10.5 Å². The van der Waals surface area contributed by atoms with Crippen LogP contribution in [0.15, 0.2) is 12.1 Å². The molecule has 1 aliphatic heterocycles. The highest BCUT2D eigenvalue weighted by Crippen LogP contribution is 2.45. The Labute approximate surface area is 130 Å². The molecule has 0 spiro atoms. The van der Waals surface area contributed by atoms with E-state index in [9.17, 15) is 15.2 Å². The van der Waals surface area contributed by atoms with Gasteiger partial charge in [0, 0.05) is 38.3 Å². The van der Waals surface area contributed by atoms with Gasteiger partial charge in [-0.3, -0.25) is 15.0 Å².